The first kappa shape index (κ1) is 34.8. The normalized spacial score (nSPS) is 19.7. The Bertz CT molecular complexity index is 1650. The summed E-state index contributed by atoms with van der Waals surface area (Å²) >= 11 is 0. The van der Waals surface area contributed by atoms with Crippen molar-refractivity contribution in [2.75, 3.05) is 0 Å². The molecule has 2 aromatic carbocycles. The van der Waals surface area contributed by atoms with Gasteiger partial charge in [0.2, 0.25) is 17.3 Å². The molecule has 0 amide bonds. The van der Waals surface area contributed by atoms with Crippen molar-refractivity contribution in [2.24, 2.45) is 23.5 Å². The average Bonchev–Trinajstić information content (AvgIpc) is 3.69. The van der Waals surface area contributed by atoms with Crippen LogP contribution in [0.25, 0.3) is 22.5 Å². The van der Waals surface area contributed by atoms with E-state index >= 15 is 0 Å². The fourth-order valence-electron chi connectivity index (χ4n) is 4.98. The van der Waals surface area contributed by atoms with E-state index in [1.807, 2.05) is 81.4 Å². The molecule has 0 radical (unpaired) electrons. The van der Waals surface area contributed by atoms with E-state index in [4.69, 9.17) is 25.2 Å². The van der Waals surface area contributed by atoms with E-state index in [-0.39, 0.29) is 52.7 Å². The lowest BCUT2D eigenvalue weighted by Crippen LogP contribution is -2.42. The number of hydrogen-bond donors (Lipinski definition) is 3. The molecule has 0 atom stereocenters. The number of aliphatic carboxylic acids is 1. The molecule has 0 spiro atoms. The number of nitrogens with zero attached hydrogens (tertiary/aromatic N) is 2. The zero-order chi connectivity index (χ0) is 34.1. The Morgan fingerprint density at radius 1 is 0.787 bits per heavy atom. The summed E-state index contributed by atoms with van der Waals surface area (Å²) in [5.41, 5.74) is 8.10. The number of Topliss-reactive ketones (excluding diaryl/α,β-unsaturated/α-hetero) is 1. The number of ketones is 1. The van der Waals surface area contributed by atoms with Crippen molar-refractivity contribution in [3.8, 4) is 22.5 Å². The van der Waals surface area contributed by atoms with Crippen LogP contribution in [0.3, 0.4) is 0 Å². The molecule has 47 heavy (non-hydrogen) atoms. The Morgan fingerprint density at radius 3 is 1.70 bits per heavy atom. The third-order valence-corrected chi connectivity index (χ3v) is 7.62. The van der Waals surface area contributed by atoms with Gasteiger partial charge < -0.3 is 29.7 Å². The van der Waals surface area contributed by atoms with Gasteiger partial charge in [0.25, 0.3) is 0 Å². The lowest BCUT2D eigenvalue weighted by molar-refractivity contribution is -0.163. The first-order valence-corrected chi connectivity index (χ1v) is 15.3. The molecule has 12 heteroatoms. The van der Waals surface area contributed by atoms with Crippen LogP contribution in [-0.4, -0.2) is 55.9 Å². The standard InChI is InChI=1S/C16H15NO4.C10H7NO3.C9H17NO2/c18-14(8-10-6-12(7-10)16(19)20)15-9-13(17-21-15)11-4-2-1-3-5-11;12-10(13)9-6-8(11-14-9)7-4-2-1-3-5-7;1-9(2,3)12-8(11)6-4-7(10)5-6/h1-5,9-10,12H,6-8H2,(H,19,20);1-6H,(H,12,13);6-7H,4-5,10H2,1-3H3. The van der Waals surface area contributed by atoms with Crippen LogP contribution in [0.15, 0.2) is 81.8 Å². The first-order valence-electron chi connectivity index (χ1n) is 15.3. The predicted octanol–water partition coefficient (Wildman–Crippen LogP) is 6.13. The Balaban J connectivity index is 0.000000168. The summed E-state index contributed by atoms with van der Waals surface area (Å²) in [6, 6.07) is 22.0. The van der Waals surface area contributed by atoms with E-state index in [9.17, 15) is 19.2 Å². The van der Waals surface area contributed by atoms with Crippen LogP contribution in [-0.2, 0) is 14.3 Å². The van der Waals surface area contributed by atoms with Gasteiger partial charge in [0, 0.05) is 35.7 Å². The number of esters is 1. The van der Waals surface area contributed by atoms with E-state index in [1.54, 1.807) is 6.07 Å². The number of rotatable bonds is 8. The monoisotopic (exact) mass is 645 g/mol. The second kappa shape index (κ2) is 15.5. The van der Waals surface area contributed by atoms with Gasteiger partial charge in [-0.1, -0.05) is 71.0 Å². The molecule has 2 aromatic heterocycles. The number of ether oxygens (including phenoxy) is 1. The van der Waals surface area contributed by atoms with Gasteiger partial charge in [0.05, 0.1) is 11.8 Å². The molecule has 12 nitrogen and oxygen atoms in total. The zero-order valence-electron chi connectivity index (χ0n) is 26.5. The molecular weight excluding hydrogens is 606 g/mol. The van der Waals surface area contributed by atoms with Gasteiger partial charge in [-0.05, 0) is 52.4 Å². The van der Waals surface area contributed by atoms with Crippen LogP contribution in [0.4, 0.5) is 0 Å². The number of benzene rings is 2. The maximum atomic E-state index is 12.1. The minimum Gasteiger partial charge on any atom is -0.481 e. The number of aromatic nitrogens is 2. The highest BCUT2D eigenvalue weighted by Crippen LogP contribution is 2.37. The largest absolute Gasteiger partial charge is 0.481 e. The average molecular weight is 646 g/mol. The molecule has 6 rings (SSSR count). The number of carbonyl (C=O) groups excluding carboxylic acids is 2. The van der Waals surface area contributed by atoms with Gasteiger partial charge in [-0.25, -0.2) is 4.79 Å². The van der Waals surface area contributed by atoms with Crippen molar-refractivity contribution in [3.05, 3.63) is 84.3 Å². The molecule has 0 aliphatic heterocycles. The fourth-order valence-corrected chi connectivity index (χ4v) is 4.98. The van der Waals surface area contributed by atoms with Crippen LogP contribution >= 0.6 is 0 Å². The molecule has 2 aliphatic carbocycles. The first-order chi connectivity index (χ1) is 22.3. The summed E-state index contributed by atoms with van der Waals surface area (Å²) in [6.45, 7) is 5.64. The Labute approximate surface area is 271 Å². The molecule has 2 aliphatic rings. The maximum absolute atomic E-state index is 12.1. The zero-order valence-corrected chi connectivity index (χ0v) is 26.5. The van der Waals surface area contributed by atoms with Gasteiger partial charge >= 0.3 is 17.9 Å². The highest BCUT2D eigenvalue weighted by atomic mass is 16.6. The molecule has 0 bridgehead atoms. The summed E-state index contributed by atoms with van der Waals surface area (Å²) in [4.78, 5) is 44.6. The number of carboxylic acid groups (broad SMARTS) is 2. The summed E-state index contributed by atoms with van der Waals surface area (Å²) in [5.74, 6) is -2.09. The molecule has 2 saturated carbocycles. The SMILES string of the molecule is CC(C)(C)OC(=O)C1CC(N)C1.O=C(CC1CC(C(=O)O)C1)c1cc(-c2ccccc2)no1.O=C(O)c1cc(-c2ccccc2)no1. The van der Waals surface area contributed by atoms with Crippen LogP contribution in [0, 0.1) is 17.8 Å². The summed E-state index contributed by atoms with van der Waals surface area (Å²) < 4.78 is 14.9. The van der Waals surface area contributed by atoms with E-state index in [1.165, 1.54) is 6.07 Å². The van der Waals surface area contributed by atoms with Crippen LogP contribution in [0.5, 0.6) is 0 Å². The van der Waals surface area contributed by atoms with Crippen molar-refractivity contribution in [3.63, 3.8) is 0 Å². The Kier molecular flexibility index (Phi) is 11.4. The number of nitrogens with two attached hydrogens (primary N) is 1. The van der Waals surface area contributed by atoms with E-state index in [0.29, 0.717) is 30.7 Å². The third kappa shape index (κ3) is 10.2. The van der Waals surface area contributed by atoms with Gasteiger partial charge in [0.1, 0.15) is 17.0 Å². The van der Waals surface area contributed by atoms with E-state index in [2.05, 4.69) is 14.8 Å². The molecule has 4 N–H and O–H groups in total. The van der Waals surface area contributed by atoms with Crippen molar-refractivity contribution >= 4 is 23.7 Å². The quantitative estimate of drug-likeness (QED) is 0.147. The molecule has 2 fully saturated rings. The van der Waals surface area contributed by atoms with Crippen molar-refractivity contribution < 1.29 is 43.2 Å². The number of carboxylic acids is 2. The maximum Gasteiger partial charge on any atom is 0.374 e. The van der Waals surface area contributed by atoms with Gasteiger partial charge in [0.15, 0.2) is 0 Å². The summed E-state index contributed by atoms with van der Waals surface area (Å²) in [7, 11) is 0. The van der Waals surface area contributed by atoms with Gasteiger partial charge in [-0.2, -0.15) is 0 Å². The van der Waals surface area contributed by atoms with Crippen molar-refractivity contribution in [2.45, 2.75) is 64.5 Å². The van der Waals surface area contributed by atoms with E-state index in [0.717, 1.165) is 24.0 Å². The van der Waals surface area contributed by atoms with E-state index < -0.39 is 11.9 Å². The smallest absolute Gasteiger partial charge is 0.374 e. The summed E-state index contributed by atoms with van der Waals surface area (Å²) in [5, 5.41) is 25.0. The highest BCUT2D eigenvalue weighted by Gasteiger charge is 2.36. The van der Waals surface area contributed by atoms with Crippen LogP contribution in [0.2, 0.25) is 0 Å². The van der Waals surface area contributed by atoms with Crippen LogP contribution in [0.1, 0.15) is 74.0 Å². The molecular formula is C35H39N3O9. The molecule has 0 saturated heterocycles. The third-order valence-electron chi connectivity index (χ3n) is 7.62. The van der Waals surface area contributed by atoms with Crippen LogP contribution < -0.4 is 5.73 Å². The summed E-state index contributed by atoms with van der Waals surface area (Å²) in [6.07, 6.45) is 3.04. The topological polar surface area (TPSA) is 196 Å². The Morgan fingerprint density at radius 2 is 1.28 bits per heavy atom. The molecule has 4 aromatic rings. The number of carbonyl (C=O) groups is 4. The van der Waals surface area contributed by atoms with Gasteiger partial charge in [-0.15, -0.1) is 0 Å². The fraction of sp³-hybridized carbons (Fsp3) is 0.371. The number of aromatic carboxylic acids is 1. The van der Waals surface area contributed by atoms with Crippen molar-refractivity contribution in [1.29, 1.82) is 0 Å². The lowest BCUT2D eigenvalue weighted by atomic mass is 9.72. The lowest BCUT2D eigenvalue weighted by Gasteiger charge is -2.32. The second-order valence-electron chi connectivity index (χ2n) is 12.7. The molecule has 2 heterocycles. The van der Waals surface area contributed by atoms with Crippen molar-refractivity contribution in [1.82, 2.24) is 10.3 Å². The highest BCUT2D eigenvalue weighted by molar-refractivity contribution is 5.94. The minimum absolute atomic E-state index is 0.0548. The number of hydrogen-bond acceptors (Lipinski definition) is 10. The minimum atomic E-state index is -1.11. The second-order valence-corrected chi connectivity index (χ2v) is 12.7. The molecule has 248 valence electrons. The Hall–Kier alpha value is -5.10. The predicted molar refractivity (Wildman–Crippen MR) is 170 cm³/mol. The van der Waals surface area contributed by atoms with Gasteiger partial charge in [-0.3, -0.25) is 14.4 Å². The molecule has 0 unspecified atom stereocenters.